The van der Waals surface area contributed by atoms with Crippen molar-refractivity contribution in [1.82, 2.24) is 10.2 Å². The van der Waals surface area contributed by atoms with Crippen molar-refractivity contribution in [2.45, 2.75) is 31.5 Å². The Balaban J connectivity index is 1.45. The van der Waals surface area contributed by atoms with Gasteiger partial charge in [0, 0.05) is 16.7 Å². The number of nitrogens with zero attached hydrogens (tertiary/aromatic N) is 1. The van der Waals surface area contributed by atoms with Crippen LogP contribution in [0.15, 0.2) is 54.6 Å². The van der Waals surface area contributed by atoms with E-state index in [1.165, 1.54) is 3.57 Å². The summed E-state index contributed by atoms with van der Waals surface area (Å²) in [4.78, 5) is 15.5. The molecule has 2 bridgehead atoms. The first-order valence-electron chi connectivity index (χ1n) is 9.64. The summed E-state index contributed by atoms with van der Waals surface area (Å²) in [6, 6.07) is 17.8. The molecule has 3 saturated heterocycles. The van der Waals surface area contributed by atoms with Gasteiger partial charge >= 0.3 is 5.97 Å². The summed E-state index contributed by atoms with van der Waals surface area (Å²) in [6.07, 6.45) is 2.32. The molecule has 0 saturated carbocycles. The van der Waals surface area contributed by atoms with E-state index >= 15 is 0 Å². The summed E-state index contributed by atoms with van der Waals surface area (Å²) in [5, 5.41) is 3.41. The molecule has 3 aliphatic rings. The summed E-state index contributed by atoms with van der Waals surface area (Å²) in [5.74, 6) is 0.358. The highest BCUT2D eigenvalue weighted by atomic mass is 127. The molecule has 1 unspecified atom stereocenters. The Bertz CT molecular complexity index is 758. The Labute approximate surface area is 174 Å². The highest BCUT2D eigenvalue weighted by Crippen LogP contribution is 2.30. The molecule has 3 aliphatic heterocycles. The third kappa shape index (κ3) is 4.70. The Morgan fingerprint density at radius 1 is 1.11 bits per heavy atom. The monoisotopic (exact) mass is 476 g/mol. The third-order valence-electron chi connectivity index (χ3n) is 5.66. The zero-order chi connectivity index (χ0) is 18.6. The minimum absolute atomic E-state index is 0.0336. The van der Waals surface area contributed by atoms with Gasteiger partial charge in [0.2, 0.25) is 0 Å². The fourth-order valence-electron chi connectivity index (χ4n) is 4.07. The van der Waals surface area contributed by atoms with Gasteiger partial charge < -0.3 is 4.74 Å². The minimum Gasteiger partial charge on any atom is -0.459 e. The van der Waals surface area contributed by atoms with E-state index in [-0.39, 0.29) is 12.1 Å². The van der Waals surface area contributed by atoms with Crippen molar-refractivity contribution in [2.75, 3.05) is 19.6 Å². The van der Waals surface area contributed by atoms with Crippen LogP contribution in [-0.4, -0.2) is 36.6 Å². The second-order valence-corrected chi connectivity index (χ2v) is 8.71. The van der Waals surface area contributed by atoms with Crippen LogP contribution in [0.1, 0.15) is 30.0 Å². The maximum absolute atomic E-state index is 13.1. The van der Waals surface area contributed by atoms with Crippen molar-refractivity contribution in [1.29, 1.82) is 0 Å². The van der Waals surface area contributed by atoms with Crippen LogP contribution in [-0.2, 0) is 16.1 Å². The first kappa shape index (κ1) is 18.9. The van der Waals surface area contributed by atoms with Gasteiger partial charge in [0.05, 0.1) is 0 Å². The summed E-state index contributed by atoms with van der Waals surface area (Å²) in [6.45, 7) is 3.80. The number of ether oxygens (including phenoxy) is 1. The van der Waals surface area contributed by atoms with Crippen LogP contribution in [0.3, 0.4) is 0 Å². The minimum atomic E-state index is -0.444. The third-order valence-corrected chi connectivity index (χ3v) is 6.38. The van der Waals surface area contributed by atoms with Gasteiger partial charge in [-0.15, -0.1) is 0 Å². The van der Waals surface area contributed by atoms with Crippen molar-refractivity contribution in [3.63, 3.8) is 0 Å². The van der Waals surface area contributed by atoms with Crippen LogP contribution in [0.4, 0.5) is 0 Å². The Hall–Kier alpha value is -1.44. The fourth-order valence-corrected chi connectivity index (χ4v) is 4.43. The number of rotatable bonds is 6. The van der Waals surface area contributed by atoms with E-state index in [9.17, 15) is 4.79 Å². The molecule has 4 nitrogen and oxygen atoms in total. The summed E-state index contributed by atoms with van der Waals surface area (Å²) >= 11 is 2.30. The van der Waals surface area contributed by atoms with E-state index in [0.717, 1.165) is 43.6 Å². The Morgan fingerprint density at radius 3 is 2.44 bits per heavy atom. The lowest BCUT2D eigenvalue weighted by atomic mass is 9.86. The number of nitrogens with one attached hydrogen (secondary N) is 1. The maximum atomic E-state index is 13.1. The molecule has 0 radical (unpaired) electrons. The fraction of sp³-hybridized carbons (Fsp3) is 0.409. The SMILES string of the molecule is O=C(O[C@H]1CN2CCC1CC2)C(NCc1ccc(I)cc1)c1ccccc1. The van der Waals surface area contributed by atoms with Crippen molar-refractivity contribution >= 4 is 28.6 Å². The molecule has 27 heavy (non-hydrogen) atoms. The van der Waals surface area contributed by atoms with E-state index in [1.54, 1.807) is 0 Å². The number of fused-ring (bicyclic) bond motifs is 3. The summed E-state index contributed by atoms with van der Waals surface area (Å²) in [7, 11) is 0. The molecular weight excluding hydrogens is 451 g/mol. The van der Waals surface area contributed by atoms with Crippen LogP contribution >= 0.6 is 22.6 Å². The number of esters is 1. The van der Waals surface area contributed by atoms with Crippen LogP contribution in [0.2, 0.25) is 0 Å². The lowest BCUT2D eigenvalue weighted by molar-refractivity contribution is -0.161. The first-order chi connectivity index (χ1) is 13.2. The van der Waals surface area contributed by atoms with Crippen LogP contribution in [0, 0.1) is 9.49 Å². The molecular formula is C22H25IN2O2. The van der Waals surface area contributed by atoms with Gasteiger partial charge in [0.1, 0.15) is 12.1 Å². The summed E-state index contributed by atoms with van der Waals surface area (Å²) < 4.78 is 7.21. The zero-order valence-corrected chi connectivity index (χ0v) is 17.5. The van der Waals surface area contributed by atoms with Crippen molar-refractivity contribution in [3.8, 4) is 0 Å². The number of halogens is 1. The number of hydrogen-bond donors (Lipinski definition) is 1. The number of carbonyl (C=O) groups excluding carboxylic acids is 1. The average Bonchev–Trinajstić information content (AvgIpc) is 2.71. The van der Waals surface area contributed by atoms with Crippen molar-refractivity contribution in [2.24, 2.45) is 5.92 Å². The van der Waals surface area contributed by atoms with E-state index in [4.69, 9.17) is 4.74 Å². The predicted molar refractivity (Wildman–Crippen MR) is 114 cm³/mol. The largest absolute Gasteiger partial charge is 0.459 e. The molecule has 0 aliphatic carbocycles. The van der Waals surface area contributed by atoms with Gasteiger partial charge in [-0.25, -0.2) is 4.79 Å². The van der Waals surface area contributed by atoms with Gasteiger partial charge in [-0.2, -0.15) is 0 Å². The van der Waals surface area contributed by atoms with E-state index in [1.807, 2.05) is 30.3 Å². The molecule has 142 valence electrons. The molecule has 0 aromatic heterocycles. The molecule has 0 amide bonds. The Kier molecular flexibility index (Phi) is 6.10. The summed E-state index contributed by atoms with van der Waals surface area (Å²) in [5.41, 5.74) is 2.11. The smallest absolute Gasteiger partial charge is 0.328 e. The standard InChI is InChI=1S/C22H25IN2O2/c23-19-8-6-16(7-9-19)14-24-21(18-4-2-1-3-5-18)22(26)27-20-15-25-12-10-17(20)11-13-25/h1-9,17,20-21,24H,10-15H2/t20-,21?/m0/s1. The highest BCUT2D eigenvalue weighted by Gasteiger charge is 2.37. The molecule has 3 heterocycles. The number of carbonyl (C=O) groups is 1. The van der Waals surface area contributed by atoms with Crippen LogP contribution < -0.4 is 5.32 Å². The lowest BCUT2D eigenvalue weighted by Crippen LogP contribution is -2.52. The van der Waals surface area contributed by atoms with Gasteiger partial charge in [0.15, 0.2) is 0 Å². The first-order valence-corrected chi connectivity index (χ1v) is 10.7. The zero-order valence-electron chi connectivity index (χ0n) is 15.3. The van der Waals surface area contributed by atoms with Gasteiger partial charge in [-0.1, -0.05) is 42.5 Å². The normalized spacial score (nSPS) is 25.1. The van der Waals surface area contributed by atoms with Crippen LogP contribution in [0.5, 0.6) is 0 Å². The van der Waals surface area contributed by atoms with Gasteiger partial charge in [0.25, 0.3) is 0 Å². The molecule has 5 rings (SSSR count). The molecule has 5 heteroatoms. The second kappa shape index (κ2) is 8.71. The van der Waals surface area contributed by atoms with Crippen molar-refractivity contribution in [3.05, 3.63) is 69.3 Å². The van der Waals surface area contributed by atoms with Gasteiger partial charge in [-0.3, -0.25) is 10.2 Å². The molecule has 1 N–H and O–H groups in total. The topological polar surface area (TPSA) is 41.6 Å². The molecule has 3 fully saturated rings. The number of hydrogen-bond acceptors (Lipinski definition) is 4. The Morgan fingerprint density at radius 2 is 1.81 bits per heavy atom. The average molecular weight is 476 g/mol. The van der Waals surface area contributed by atoms with Gasteiger partial charge in [-0.05, 0) is 77.7 Å². The number of piperidine rings is 3. The highest BCUT2D eigenvalue weighted by molar-refractivity contribution is 14.1. The number of benzene rings is 2. The molecule has 0 spiro atoms. The lowest BCUT2D eigenvalue weighted by Gasteiger charge is -2.44. The second-order valence-electron chi connectivity index (χ2n) is 7.46. The predicted octanol–water partition coefficient (Wildman–Crippen LogP) is 3.76. The quantitative estimate of drug-likeness (QED) is 0.510. The van der Waals surface area contributed by atoms with Crippen LogP contribution in [0.25, 0.3) is 0 Å². The van der Waals surface area contributed by atoms with Crippen molar-refractivity contribution < 1.29 is 9.53 Å². The molecule has 2 atom stereocenters. The van der Waals surface area contributed by atoms with E-state index < -0.39 is 6.04 Å². The van der Waals surface area contributed by atoms with E-state index in [0.29, 0.717) is 12.5 Å². The molecule has 2 aromatic carbocycles. The van der Waals surface area contributed by atoms with E-state index in [2.05, 4.69) is 57.1 Å². The maximum Gasteiger partial charge on any atom is 0.328 e. The molecule has 2 aromatic rings.